The molecule has 0 saturated carbocycles. The molecular formula is C40H30N2O6. The maximum absolute atomic E-state index is 12.3. The third kappa shape index (κ3) is 4.77. The topological polar surface area (TPSA) is 140 Å². The van der Waals surface area contributed by atoms with Gasteiger partial charge in [0.1, 0.15) is 0 Å². The van der Waals surface area contributed by atoms with Gasteiger partial charge in [0, 0.05) is 21.9 Å². The SMILES string of the molecule is Cc1ccc(C)c(N=C(O)c2ccc3c4ccc(C(=O)O)c5c(C(=O)O)ccc(c6ccc(C(O)=Nc7cc(C)ccc7C)c2c36)c54)c1. The van der Waals surface area contributed by atoms with Crippen molar-refractivity contribution in [1.29, 1.82) is 0 Å². The Kier molecular flexibility index (Phi) is 7.09. The molecule has 0 amide bonds. The quantitative estimate of drug-likeness (QED) is 0.0621. The van der Waals surface area contributed by atoms with Crippen LogP contribution in [-0.4, -0.2) is 44.2 Å². The Labute approximate surface area is 274 Å². The molecule has 8 heteroatoms. The van der Waals surface area contributed by atoms with Crippen molar-refractivity contribution in [2.75, 3.05) is 0 Å². The van der Waals surface area contributed by atoms with E-state index in [0.717, 1.165) is 22.3 Å². The smallest absolute Gasteiger partial charge is 0.336 e. The number of hydrogen-bond donors (Lipinski definition) is 4. The molecule has 0 spiro atoms. The number of fused-ring (bicyclic) bond motifs is 2. The van der Waals surface area contributed by atoms with E-state index in [1.807, 2.05) is 76.2 Å². The van der Waals surface area contributed by atoms with Gasteiger partial charge in [-0.1, -0.05) is 48.5 Å². The number of aromatic carboxylic acids is 2. The molecule has 0 unspecified atom stereocenters. The molecule has 0 aliphatic rings. The third-order valence-corrected chi connectivity index (χ3v) is 9.03. The number of aryl methyl sites for hydroxylation is 4. The van der Waals surface area contributed by atoms with Crippen molar-refractivity contribution in [3.8, 4) is 0 Å². The molecule has 236 valence electrons. The van der Waals surface area contributed by atoms with Crippen LogP contribution in [0.25, 0.3) is 43.1 Å². The van der Waals surface area contributed by atoms with E-state index in [1.54, 1.807) is 24.3 Å². The van der Waals surface area contributed by atoms with E-state index in [9.17, 15) is 30.0 Å². The lowest BCUT2D eigenvalue weighted by Gasteiger charge is -2.19. The molecule has 48 heavy (non-hydrogen) atoms. The summed E-state index contributed by atoms with van der Waals surface area (Å²) in [5, 5.41) is 47.9. The Morgan fingerprint density at radius 3 is 1.12 bits per heavy atom. The standard InChI is InChI=1S/C40H30N2O6/c1-19-5-7-21(3)31(17-19)41-37(43)27-13-9-23-25-11-15-29(39(45)46)36-30(40(47)48)16-12-26(34(25)36)24-10-14-28(35(27)33(23)24)38(44)42-32-18-20(2)6-8-22(32)4/h5-18H,1-4H3,(H,41,43)(H,42,44)(H,45,46)(H,47,48). The van der Waals surface area contributed by atoms with Crippen molar-refractivity contribution in [1.82, 2.24) is 0 Å². The summed E-state index contributed by atoms with van der Waals surface area (Å²) >= 11 is 0. The molecule has 0 saturated heterocycles. The molecule has 0 bridgehead atoms. The van der Waals surface area contributed by atoms with Crippen LogP contribution in [0.5, 0.6) is 0 Å². The summed E-state index contributed by atoms with van der Waals surface area (Å²) in [6.07, 6.45) is 0. The van der Waals surface area contributed by atoms with Gasteiger partial charge in [0.15, 0.2) is 0 Å². The lowest BCUT2D eigenvalue weighted by Crippen LogP contribution is -2.08. The second kappa shape index (κ2) is 11.2. The monoisotopic (exact) mass is 634 g/mol. The van der Waals surface area contributed by atoms with Crippen molar-refractivity contribution in [3.05, 3.63) is 129 Å². The van der Waals surface area contributed by atoms with Crippen LogP contribution >= 0.6 is 0 Å². The maximum Gasteiger partial charge on any atom is 0.336 e. The fourth-order valence-corrected chi connectivity index (χ4v) is 6.65. The fraction of sp³-hybridized carbons (Fsp3) is 0.100. The van der Waals surface area contributed by atoms with Gasteiger partial charge in [-0.3, -0.25) is 0 Å². The van der Waals surface area contributed by atoms with Gasteiger partial charge in [-0.15, -0.1) is 0 Å². The molecule has 4 N–H and O–H groups in total. The van der Waals surface area contributed by atoms with Crippen LogP contribution in [0.2, 0.25) is 0 Å². The average Bonchev–Trinajstić information content (AvgIpc) is 3.05. The van der Waals surface area contributed by atoms with Crippen LogP contribution in [0, 0.1) is 27.7 Å². The lowest BCUT2D eigenvalue weighted by atomic mass is 9.84. The van der Waals surface area contributed by atoms with Crippen LogP contribution in [0.4, 0.5) is 11.4 Å². The number of hydrogen-bond acceptors (Lipinski definition) is 4. The maximum atomic E-state index is 12.3. The van der Waals surface area contributed by atoms with Crippen LogP contribution in [0.3, 0.4) is 0 Å². The zero-order chi connectivity index (χ0) is 34.0. The Balaban J connectivity index is 1.64. The van der Waals surface area contributed by atoms with Crippen LogP contribution in [0.15, 0.2) is 94.9 Å². The van der Waals surface area contributed by atoms with Gasteiger partial charge in [0.05, 0.1) is 22.5 Å². The minimum absolute atomic E-state index is 0.113. The van der Waals surface area contributed by atoms with Crippen LogP contribution in [-0.2, 0) is 0 Å². The van der Waals surface area contributed by atoms with Gasteiger partial charge < -0.3 is 20.4 Å². The molecular weight excluding hydrogens is 604 g/mol. The van der Waals surface area contributed by atoms with E-state index in [4.69, 9.17) is 0 Å². The predicted molar refractivity (Wildman–Crippen MR) is 191 cm³/mol. The highest BCUT2D eigenvalue weighted by molar-refractivity contribution is 6.38. The van der Waals surface area contributed by atoms with Crippen molar-refractivity contribution in [3.63, 3.8) is 0 Å². The number of benzene rings is 7. The Morgan fingerprint density at radius 2 is 0.771 bits per heavy atom. The molecule has 7 aromatic carbocycles. The highest BCUT2D eigenvalue weighted by atomic mass is 16.4. The molecule has 0 aliphatic heterocycles. The number of carboxylic acid groups (broad SMARTS) is 2. The second-order valence-corrected chi connectivity index (χ2v) is 12.2. The van der Waals surface area contributed by atoms with Crippen molar-refractivity contribution >= 4 is 78.2 Å². The molecule has 0 aliphatic carbocycles. The lowest BCUT2D eigenvalue weighted by molar-refractivity contribution is 0.0695. The van der Waals surface area contributed by atoms with Crippen LogP contribution in [0.1, 0.15) is 54.1 Å². The Morgan fingerprint density at radius 1 is 0.438 bits per heavy atom. The van der Waals surface area contributed by atoms with Crippen LogP contribution < -0.4 is 0 Å². The van der Waals surface area contributed by atoms with E-state index in [1.165, 1.54) is 12.1 Å². The van der Waals surface area contributed by atoms with E-state index >= 15 is 0 Å². The van der Waals surface area contributed by atoms with E-state index in [0.29, 0.717) is 60.2 Å². The average molecular weight is 635 g/mol. The molecule has 0 heterocycles. The number of carbonyl (C=O) groups is 2. The number of aliphatic hydroxyl groups is 2. The summed E-state index contributed by atoms with van der Waals surface area (Å²) in [6, 6.07) is 24.8. The second-order valence-electron chi connectivity index (χ2n) is 12.2. The summed E-state index contributed by atoms with van der Waals surface area (Å²) in [5.41, 5.74) is 5.40. The summed E-state index contributed by atoms with van der Waals surface area (Å²) in [4.78, 5) is 33.9. The molecule has 0 radical (unpaired) electrons. The molecule has 8 nitrogen and oxygen atoms in total. The molecule has 7 aromatic rings. The van der Waals surface area contributed by atoms with E-state index < -0.39 is 11.9 Å². The summed E-state index contributed by atoms with van der Waals surface area (Å²) in [6.45, 7) is 7.71. The van der Waals surface area contributed by atoms with Gasteiger partial charge in [-0.2, -0.15) is 0 Å². The molecule has 0 aromatic heterocycles. The Bertz CT molecular complexity index is 2410. The first-order chi connectivity index (χ1) is 22.9. The molecule has 0 fully saturated rings. The third-order valence-electron chi connectivity index (χ3n) is 9.03. The van der Waals surface area contributed by atoms with Crippen molar-refractivity contribution in [2.24, 2.45) is 9.98 Å². The highest BCUT2D eigenvalue weighted by Gasteiger charge is 2.25. The zero-order valence-corrected chi connectivity index (χ0v) is 26.6. The van der Waals surface area contributed by atoms with Gasteiger partial charge in [-0.05, 0) is 119 Å². The first-order valence-electron chi connectivity index (χ1n) is 15.3. The molecule has 7 rings (SSSR count). The largest absolute Gasteiger partial charge is 0.493 e. The first kappa shape index (κ1) is 30.4. The van der Waals surface area contributed by atoms with Gasteiger partial charge in [0.2, 0.25) is 11.8 Å². The van der Waals surface area contributed by atoms with Gasteiger partial charge >= 0.3 is 11.9 Å². The number of aliphatic imine (C=N–C) groups is 2. The van der Waals surface area contributed by atoms with E-state index in [2.05, 4.69) is 9.98 Å². The van der Waals surface area contributed by atoms with Gasteiger partial charge in [-0.25, -0.2) is 19.6 Å². The minimum Gasteiger partial charge on any atom is -0.493 e. The van der Waals surface area contributed by atoms with E-state index in [-0.39, 0.29) is 28.3 Å². The summed E-state index contributed by atoms with van der Waals surface area (Å²) < 4.78 is 0. The van der Waals surface area contributed by atoms with Crippen molar-refractivity contribution in [2.45, 2.75) is 27.7 Å². The minimum atomic E-state index is -1.23. The zero-order valence-electron chi connectivity index (χ0n) is 26.6. The summed E-state index contributed by atoms with van der Waals surface area (Å²) in [5.74, 6) is -2.98. The highest BCUT2D eigenvalue weighted by Crippen LogP contribution is 2.44. The number of carboxylic acids is 2. The van der Waals surface area contributed by atoms with Crippen molar-refractivity contribution < 1.29 is 30.0 Å². The summed E-state index contributed by atoms with van der Waals surface area (Å²) in [7, 11) is 0. The normalized spacial score (nSPS) is 12.5. The number of rotatable bonds is 6. The number of nitrogens with zero attached hydrogens (tertiary/aromatic N) is 2. The molecule has 0 atom stereocenters. The number of aliphatic hydroxyl groups excluding tert-OH is 2. The predicted octanol–water partition coefficient (Wildman–Crippen LogP) is 9.64. The fourth-order valence-electron chi connectivity index (χ4n) is 6.65. The first-order valence-corrected chi connectivity index (χ1v) is 15.3. The Hall–Kier alpha value is -6.28. The van der Waals surface area contributed by atoms with Gasteiger partial charge in [0.25, 0.3) is 0 Å².